The topological polar surface area (TPSA) is 58.1 Å². The summed E-state index contributed by atoms with van der Waals surface area (Å²) in [6.45, 7) is 7.60. The van der Waals surface area contributed by atoms with Gasteiger partial charge in [-0.15, -0.1) is 5.10 Å². The van der Waals surface area contributed by atoms with E-state index in [1.807, 2.05) is 26.8 Å². The predicted molar refractivity (Wildman–Crippen MR) is 63.2 cm³/mol. The second kappa shape index (κ2) is 6.05. The molecule has 1 N–H and O–H groups in total. The highest BCUT2D eigenvalue weighted by Crippen LogP contribution is 2.02. The third kappa shape index (κ3) is 3.49. The van der Waals surface area contributed by atoms with E-state index in [1.54, 1.807) is 11.1 Å². The number of hydrogen-bond donors (Lipinski definition) is 1. The summed E-state index contributed by atoms with van der Waals surface area (Å²) in [5.41, 5.74) is 1.02. The van der Waals surface area contributed by atoms with Crippen molar-refractivity contribution >= 4 is 11.7 Å². The Labute approximate surface area is 95.9 Å². The number of hydrogen-bond acceptors (Lipinski definition) is 4. The minimum Gasteiger partial charge on any atom is -0.360 e. The van der Waals surface area contributed by atoms with Crippen molar-refractivity contribution in [1.29, 1.82) is 0 Å². The summed E-state index contributed by atoms with van der Waals surface area (Å²) in [5, 5.41) is 10.7. The van der Waals surface area contributed by atoms with Crippen molar-refractivity contribution in [2.45, 2.75) is 20.8 Å². The van der Waals surface area contributed by atoms with Gasteiger partial charge >= 0.3 is 0 Å². The predicted octanol–water partition coefficient (Wildman–Crippen LogP) is 1.07. The maximum Gasteiger partial charge on any atom is 0.241 e. The zero-order valence-corrected chi connectivity index (χ0v) is 10.0. The van der Waals surface area contributed by atoms with Crippen LogP contribution in [0.5, 0.6) is 0 Å². The number of anilines is 1. The van der Waals surface area contributed by atoms with Crippen LogP contribution in [-0.4, -0.2) is 40.6 Å². The van der Waals surface area contributed by atoms with E-state index in [2.05, 4.69) is 15.5 Å². The molecule has 0 saturated carbocycles. The number of nitrogens with one attached hydrogen (secondary N) is 1. The monoisotopic (exact) mass is 222 g/mol. The lowest BCUT2D eigenvalue weighted by molar-refractivity contribution is -0.128. The molecule has 0 fully saturated rings. The highest BCUT2D eigenvalue weighted by atomic mass is 16.2. The summed E-state index contributed by atoms with van der Waals surface area (Å²) in [6.07, 6.45) is 1.68. The second-order valence-corrected chi connectivity index (χ2v) is 3.54. The molecule has 5 heteroatoms. The maximum absolute atomic E-state index is 11.7. The Morgan fingerprint density at radius 2 is 2.12 bits per heavy atom. The Bertz CT molecular complexity index is 350. The van der Waals surface area contributed by atoms with Gasteiger partial charge in [-0.25, -0.2) is 0 Å². The minimum atomic E-state index is 0.0771. The molecule has 5 nitrogen and oxygen atoms in total. The molecular formula is C11H18N4O. The lowest BCUT2D eigenvalue weighted by Gasteiger charge is -2.18. The molecule has 0 spiro atoms. The van der Waals surface area contributed by atoms with Crippen LogP contribution in [0.4, 0.5) is 5.82 Å². The molecular weight excluding hydrogens is 204 g/mol. The summed E-state index contributed by atoms with van der Waals surface area (Å²) in [5.74, 6) is 0.716. The molecule has 1 heterocycles. The lowest BCUT2D eigenvalue weighted by Crippen LogP contribution is -2.35. The molecule has 1 amide bonds. The van der Waals surface area contributed by atoms with E-state index in [0.717, 1.165) is 18.7 Å². The molecule has 0 aliphatic carbocycles. The first kappa shape index (κ1) is 12.4. The van der Waals surface area contributed by atoms with Gasteiger partial charge in [-0.2, -0.15) is 5.10 Å². The number of carbonyl (C=O) groups is 1. The van der Waals surface area contributed by atoms with Crippen LogP contribution in [0.1, 0.15) is 19.4 Å². The van der Waals surface area contributed by atoms with Gasteiger partial charge in [0.05, 0.1) is 12.7 Å². The fourth-order valence-corrected chi connectivity index (χ4v) is 1.40. The van der Waals surface area contributed by atoms with Crippen LogP contribution < -0.4 is 5.32 Å². The van der Waals surface area contributed by atoms with Crippen LogP contribution in [0.3, 0.4) is 0 Å². The van der Waals surface area contributed by atoms with Gasteiger partial charge in [-0.05, 0) is 32.4 Å². The molecule has 88 valence electrons. The summed E-state index contributed by atoms with van der Waals surface area (Å²) in [6, 6.07) is 1.86. The second-order valence-electron chi connectivity index (χ2n) is 3.54. The smallest absolute Gasteiger partial charge is 0.241 e. The minimum absolute atomic E-state index is 0.0771. The van der Waals surface area contributed by atoms with Crippen LogP contribution in [0, 0.1) is 6.92 Å². The van der Waals surface area contributed by atoms with Crippen molar-refractivity contribution in [2.75, 3.05) is 25.0 Å². The fourth-order valence-electron chi connectivity index (χ4n) is 1.40. The molecule has 0 bridgehead atoms. The fraction of sp³-hybridized carbons (Fsp3) is 0.545. The van der Waals surface area contributed by atoms with E-state index in [9.17, 15) is 4.79 Å². The first-order valence-electron chi connectivity index (χ1n) is 5.48. The zero-order chi connectivity index (χ0) is 12.0. The largest absolute Gasteiger partial charge is 0.360 e. The quantitative estimate of drug-likeness (QED) is 0.809. The molecule has 0 unspecified atom stereocenters. The summed E-state index contributed by atoms with van der Waals surface area (Å²) < 4.78 is 0. The van der Waals surface area contributed by atoms with Gasteiger partial charge in [0.1, 0.15) is 5.82 Å². The Hall–Kier alpha value is -1.65. The average Bonchev–Trinajstić information content (AvgIpc) is 2.28. The summed E-state index contributed by atoms with van der Waals surface area (Å²) in [7, 11) is 0. The van der Waals surface area contributed by atoms with Gasteiger partial charge < -0.3 is 10.2 Å². The van der Waals surface area contributed by atoms with E-state index >= 15 is 0 Å². The van der Waals surface area contributed by atoms with Crippen molar-refractivity contribution in [2.24, 2.45) is 0 Å². The maximum atomic E-state index is 11.7. The molecule has 0 saturated heterocycles. The molecule has 16 heavy (non-hydrogen) atoms. The van der Waals surface area contributed by atoms with Crippen LogP contribution in [0.25, 0.3) is 0 Å². The normalized spacial score (nSPS) is 9.94. The first-order valence-corrected chi connectivity index (χ1v) is 5.48. The van der Waals surface area contributed by atoms with Crippen LogP contribution in [0.2, 0.25) is 0 Å². The number of likely N-dealkylation sites (N-methyl/N-ethyl adjacent to an activating group) is 1. The third-order valence-corrected chi connectivity index (χ3v) is 2.33. The zero-order valence-electron chi connectivity index (χ0n) is 10.0. The number of amides is 1. The Morgan fingerprint density at radius 1 is 1.44 bits per heavy atom. The standard InChI is InChI=1S/C11H18N4O/c1-4-15(5-2)11(16)8-12-10-6-9(3)7-13-14-10/h6-7H,4-5,8H2,1-3H3,(H,12,14). The number of aromatic nitrogens is 2. The van der Waals surface area contributed by atoms with Gasteiger partial charge in [0.15, 0.2) is 0 Å². The molecule has 0 radical (unpaired) electrons. The van der Waals surface area contributed by atoms with Gasteiger partial charge in [0, 0.05) is 13.1 Å². The lowest BCUT2D eigenvalue weighted by atomic mass is 10.3. The van der Waals surface area contributed by atoms with Gasteiger partial charge in [-0.3, -0.25) is 4.79 Å². The molecule has 0 aliphatic rings. The van der Waals surface area contributed by atoms with Crippen molar-refractivity contribution in [3.05, 3.63) is 17.8 Å². The van der Waals surface area contributed by atoms with E-state index in [1.165, 1.54) is 0 Å². The summed E-state index contributed by atoms with van der Waals surface area (Å²) in [4.78, 5) is 13.5. The number of aryl methyl sites for hydroxylation is 1. The van der Waals surface area contributed by atoms with E-state index in [0.29, 0.717) is 5.82 Å². The first-order chi connectivity index (χ1) is 7.67. The Kier molecular flexibility index (Phi) is 4.69. The van der Waals surface area contributed by atoms with Crippen LogP contribution in [0.15, 0.2) is 12.3 Å². The van der Waals surface area contributed by atoms with Crippen LogP contribution >= 0.6 is 0 Å². The number of nitrogens with zero attached hydrogens (tertiary/aromatic N) is 3. The molecule has 0 aromatic carbocycles. The number of rotatable bonds is 5. The highest BCUT2D eigenvalue weighted by Gasteiger charge is 2.08. The highest BCUT2D eigenvalue weighted by molar-refractivity contribution is 5.80. The van der Waals surface area contributed by atoms with E-state index in [4.69, 9.17) is 0 Å². The molecule has 1 aromatic heterocycles. The molecule has 0 aliphatic heterocycles. The number of carbonyl (C=O) groups excluding carboxylic acids is 1. The van der Waals surface area contributed by atoms with Gasteiger partial charge in [-0.1, -0.05) is 0 Å². The molecule has 1 rings (SSSR count). The van der Waals surface area contributed by atoms with E-state index < -0.39 is 0 Å². The van der Waals surface area contributed by atoms with Gasteiger partial charge in [0.25, 0.3) is 0 Å². The van der Waals surface area contributed by atoms with Crippen molar-refractivity contribution in [3.8, 4) is 0 Å². The van der Waals surface area contributed by atoms with Gasteiger partial charge in [0.2, 0.25) is 5.91 Å². The Balaban J connectivity index is 2.48. The van der Waals surface area contributed by atoms with E-state index in [-0.39, 0.29) is 12.5 Å². The molecule has 0 atom stereocenters. The SMILES string of the molecule is CCN(CC)C(=O)CNc1cc(C)cnn1. The molecule has 1 aromatic rings. The summed E-state index contributed by atoms with van der Waals surface area (Å²) >= 11 is 0. The van der Waals surface area contributed by atoms with Crippen LogP contribution in [-0.2, 0) is 4.79 Å². The third-order valence-electron chi connectivity index (χ3n) is 2.33. The Morgan fingerprint density at radius 3 is 2.69 bits per heavy atom. The average molecular weight is 222 g/mol. The van der Waals surface area contributed by atoms with Crippen molar-refractivity contribution in [1.82, 2.24) is 15.1 Å². The van der Waals surface area contributed by atoms with Crippen molar-refractivity contribution < 1.29 is 4.79 Å². The van der Waals surface area contributed by atoms with Crippen molar-refractivity contribution in [3.63, 3.8) is 0 Å².